The van der Waals surface area contributed by atoms with Crippen LogP contribution in [0.2, 0.25) is 0 Å². The Kier molecular flexibility index (Phi) is 5.04. The van der Waals surface area contributed by atoms with Crippen molar-refractivity contribution in [3.63, 3.8) is 0 Å². The van der Waals surface area contributed by atoms with Gasteiger partial charge in [0.15, 0.2) is 0 Å². The fraction of sp³-hybridized carbons (Fsp3) is 0.375. The maximum atomic E-state index is 4.37. The largest absolute Gasteiger partial charge is 0.310 e. The summed E-state index contributed by atoms with van der Waals surface area (Å²) in [5, 5.41) is 3.54. The average molecular weight is 255 g/mol. The Bertz CT molecular complexity index is 536. The van der Waals surface area contributed by atoms with Crippen molar-refractivity contribution in [2.24, 2.45) is 0 Å². The maximum absolute atomic E-state index is 4.37. The molecule has 0 spiro atoms. The summed E-state index contributed by atoms with van der Waals surface area (Å²) in [5.74, 6) is 0. The van der Waals surface area contributed by atoms with Gasteiger partial charge in [-0.15, -0.1) is 6.58 Å². The number of unbranched alkanes of at least 4 members (excludes halogenated alkanes) is 1. The van der Waals surface area contributed by atoms with Crippen LogP contribution in [0.4, 0.5) is 0 Å². The Morgan fingerprint density at radius 2 is 2.05 bits per heavy atom. The summed E-state index contributed by atoms with van der Waals surface area (Å²) in [6, 6.07) is 6.73. The molecule has 0 aliphatic heterocycles. The van der Waals surface area contributed by atoms with Gasteiger partial charge in [0.25, 0.3) is 0 Å². The number of fused-ring (bicyclic) bond motifs is 1. The fourth-order valence-electron chi connectivity index (χ4n) is 2.30. The van der Waals surface area contributed by atoms with Crippen LogP contribution in [0, 0.1) is 0 Å². The number of rotatable bonds is 7. The zero-order valence-corrected chi connectivity index (χ0v) is 11.5. The molecule has 2 aromatic rings. The number of nitrogens with zero attached hydrogens (tertiary/aromatic N) is 2. The van der Waals surface area contributed by atoms with E-state index in [1.54, 1.807) is 12.4 Å². The molecule has 1 aromatic carbocycles. The first-order valence-corrected chi connectivity index (χ1v) is 6.90. The van der Waals surface area contributed by atoms with Gasteiger partial charge in [-0.3, -0.25) is 9.97 Å². The number of allylic oxidation sites excluding steroid dienone is 1. The minimum Gasteiger partial charge on any atom is -0.310 e. The number of benzene rings is 1. The van der Waals surface area contributed by atoms with E-state index in [9.17, 15) is 0 Å². The second-order valence-electron chi connectivity index (χ2n) is 4.63. The Hall–Kier alpha value is -1.74. The van der Waals surface area contributed by atoms with Crippen LogP contribution in [0.5, 0.6) is 0 Å². The standard InChI is InChI=1S/C16H21N3/c1-3-5-6-7-14(17-4-2)13-8-9-15-16(12-13)19-11-10-18-15/h3,8-12,14,17H,1,4-7H2,2H3. The SMILES string of the molecule is C=CCCCC(NCC)c1ccc2nccnc2c1. The molecule has 2 rings (SSSR count). The van der Waals surface area contributed by atoms with Crippen LogP contribution in [0.3, 0.4) is 0 Å². The summed E-state index contributed by atoms with van der Waals surface area (Å²) in [6.07, 6.45) is 8.79. The van der Waals surface area contributed by atoms with Gasteiger partial charge in [-0.25, -0.2) is 0 Å². The molecule has 0 bridgehead atoms. The van der Waals surface area contributed by atoms with Crippen LogP contribution >= 0.6 is 0 Å². The second-order valence-corrected chi connectivity index (χ2v) is 4.63. The van der Waals surface area contributed by atoms with Gasteiger partial charge in [-0.05, 0) is 43.5 Å². The Morgan fingerprint density at radius 3 is 2.79 bits per heavy atom. The molecule has 0 fully saturated rings. The minimum atomic E-state index is 0.386. The quantitative estimate of drug-likeness (QED) is 0.606. The van der Waals surface area contributed by atoms with E-state index in [0.29, 0.717) is 6.04 Å². The first-order valence-electron chi connectivity index (χ1n) is 6.90. The third-order valence-electron chi connectivity index (χ3n) is 3.25. The number of nitrogens with one attached hydrogen (secondary N) is 1. The lowest BCUT2D eigenvalue weighted by atomic mass is 10.00. The van der Waals surface area contributed by atoms with Crippen molar-refractivity contribution in [1.82, 2.24) is 15.3 Å². The Morgan fingerprint density at radius 1 is 1.26 bits per heavy atom. The van der Waals surface area contributed by atoms with Gasteiger partial charge >= 0.3 is 0 Å². The molecule has 1 N–H and O–H groups in total. The average Bonchev–Trinajstić information content (AvgIpc) is 2.46. The van der Waals surface area contributed by atoms with E-state index >= 15 is 0 Å². The molecule has 100 valence electrons. The molecule has 3 heteroatoms. The van der Waals surface area contributed by atoms with E-state index in [2.05, 4.69) is 47.0 Å². The third kappa shape index (κ3) is 3.61. The lowest BCUT2D eigenvalue weighted by Crippen LogP contribution is -2.20. The van der Waals surface area contributed by atoms with Gasteiger partial charge in [0.2, 0.25) is 0 Å². The second kappa shape index (κ2) is 7.00. The molecule has 0 amide bonds. The van der Waals surface area contributed by atoms with Crippen LogP contribution in [0.25, 0.3) is 11.0 Å². The van der Waals surface area contributed by atoms with Gasteiger partial charge in [0.05, 0.1) is 11.0 Å². The molecular weight excluding hydrogens is 234 g/mol. The summed E-state index contributed by atoms with van der Waals surface area (Å²) < 4.78 is 0. The van der Waals surface area contributed by atoms with Crippen molar-refractivity contribution in [3.8, 4) is 0 Å². The topological polar surface area (TPSA) is 37.8 Å². The van der Waals surface area contributed by atoms with Gasteiger partial charge < -0.3 is 5.32 Å². The van der Waals surface area contributed by atoms with E-state index < -0.39 is 0 Å². The normalized spacial score (nSPS) is 12.5. The molecule has 1 heterocycles. The molecule has 3 nitrogen and oxygen atoms in total. The summed E-state index contributed by atoms with van der Waals surface area (Å²) in [4.78, 5) is 8.68. The highest BCUT2D eigenvalue weighted by atomic mass is 14.9. The van der Waals surface area contributed by atoms with Crippen molar-refractivity contribution >= 4 is 11.0 Å². The highest BCUT2D eigenvalue weighted by molar-refractivity contribution is 5.74. The Balaban J connectivity index is 2.19. The van der Waals surface area contributed by atoms with E-state index in [-0.39, 0.29) is 0 Å². The first kappa shape index (κ1) is 13.7. The molecule has 19 heavy (non-hydrogen) atoms. The van der Waals surface area contributed by atoms with E-state index in [4.69, 9.17) is 0 Å². The molecule has 0 saturated carbocycles. The van der Waals surface area contributed by atoms with Crippen molar-refractivity contribution in [3.05, 3.63) is 48.8 Å². The van der Waals surface area contributed by atoms with Crippen molar-refractivity contribution in [1.29, 1.82) is 0 Å². The summed E-state index contributed by atoms with van der Waals surface area (Å²) in [7, 11) is 0. The lowest BCUT2D eigenvalue weighted by molar-refractivity contribution is 0.500. The van der Waals surface area contributed by atoms with E-state index in [1.165, 1.54) is 5.56 Å². The lowest BCUT2D eigenvalue weighted by Gasteiger charge is -2.18. The monoisotopic (exact) mass is 255 g/mol. The predicted molar refractivity (Wildman–Crippen MR) is 80.0 cm³/mol. The zero-order chi connectivity index (χ0) is 13.5. The van der Waals surface area contributed by atoms with Crippen LogP contribution in [0.15, 0.2) is 43.2 Å². The van der Waals surface area contributed by atoms with Crippen LogP contribution in [-0.2, 0) is 0 Å². The molecule has 0 saturated heterocycles. The van der Waals surface area contributed by atoms with E-state index in [0.717, 1.165) is 36.8 Å². The molecular formula is C16H21N3. The maximum Gasteiger partial charge on any atom is 0.0890 e. The smallest absolute Gasteiger partial charge is 0.0890 e. The predicted octanol–water partition coefficient (Wildman–Crippen LogP) is 3.64. The van der Waals surface area contributed by atoms with Crippen molar-refractivity contribution in [2.45, 2.75) is 32.2 Å². The number of hydrogen-bond donors (Lipinski definition) is 1. The van der Waals surface area contributed by atoms with Gasteiger partial charge in [0.1, 0.15) is 0 Å². The molecule has 1 atom stereocenters. The minimum absolute atomic E-state index is 0.386. The van der Waals surface area contributed by atoms with Crippen molar-refractivity contribution in [2.75, 3.05) is 6.54 Å². The first-order chi connectivity index (χ1) is 9.35. The molecule has 0 radical (unpaired) electrons. The third-order valence-corrected chi connectivity index (χ3v) is 3.25. The summed E-state index contributed by atoms with van der Waals surface area (Å²) in [5.41, 5.74) is 3.21. The highest BCUT2D eigenvalue weighted by Crippen LogP contribution is 2.22. The Labute approximate surface area is 114 Å². The fourth-order valence-corrected chi connectivity index (χ4v) is 2.30. The van der Waals surface area contributed by atoms with Gasteiger partial charge in [-0.2, -0.15) is 0 Å². The van der Waals surface area contributed by atoms with Gasteiger partial charge in [-0.1, -0.05) is 19.1 Å². The summed E-state index contributed by atoms with van der Waals surface area (Å²) in [6.45, 7) is 6.89. The zero-order valence-electron chi connectivity index (χ0n) is 11.5. The van der Waals surface area contributed by atoms with Crippen molar-refractivity contribution < 1.29 is 0 Å². The number of hydrogen-bond acceptors (Lipinski definition) is 3. The van der Waals surface area contributed by atoms with Crippen LogP contribution in [-0.4, -0.2) is 16.5 Å². The van der Waals surface area contributed by atoms with Gasteiger partial charge in [0, 0.05) is 18.4 Å². The molecule has 0 aliphatic rings. The molecule has 1 aromatic heterocycles. The number of aromatic nitrogens is 2. The van der Waals surface area contributed by atoms with Crippen LogP contribution < -0.4 is 5.32 Å². The van der Waals surface area contributed by atoms with Crippen LogP contribution in [0.1, 0.15) is 37.8 Å². The molecule has 1 unspecified atom stereocenters. The molecule has 0 aliphatic carbocycles. The van der Waals surface area contributed by atoms with E-state index in [1.807, 2.05) is 6.08 Å². The summed E-state index contributed by atoms with van der Waals surface area (Å²) >= 11 is 0. The highest BCUT2D eigenvalue weighted by Gasteiger charge is 2.10.